The van der Waals surface area contributed by atoms with Crippen LogP contribution in [0, 0.1) is 0 Å². The molecule has 1 aromatic heterocycles. The Kier molecular flexibility index (Phi) is 6.18. The molecular weight excluding hydrogens is 390 g/mol. The Bertz CT molecular complexity index is 1100. The molecule has 1 aliphatic rings. The van der Waals surface area contributed by atoms with Crippen molar-refractivity contribution in [1.82, 2.24) is 14.4 Å². The van der Waals surface area contributed by atoms with E-state index in [-0.39, 0.29) is 11.5 Å². The fraction of sp³-hybridized carbons (Fsp3) is 0.280. The van der Waals surface area contributed by atoms with Gasteiger partial charge in [0.25, 0.3) is 11.5 Å². The summed E-state index contributed by atoms with van der Waals surface area (Å²) < 4.78 is 7.34. The van der Waals surface area contributed by atoms with Gasteiger partial charge in [-0.15, -0.1) is 0 Å². The van der Waals surface area contributed by atoms with Gasteiger partial charge in [0.05, 0.1) is 0 Å². The van der Waals surface area contributed by atoms with Crippen LogP contribution in [0.15, 0.2) is 71.7 Å². The van der Waals surface area contributed by atoms with Gasteiger partial charge in [0, 0.05) is 50.6 Å². The van der Waals surface area contributed by atoms with Crippen molar-refractivity contribution >= 4 is 5.91 Å². The zero-order valence-electron chi connectivity index (χ0n) is 18.0. The number of nitrogens with zero attached hydrogens (tertiary/aromatic N) is 3. The molecule has 31 heavy (non-hydrogen) atoms. The summed E-state index contributed by atoms with van der Waals surface area (Å²) in [5.74, 6) is 0.369. The first-order valence-corrected chi connectivity index (χ1v) is 10.5. The van der Waals surface area contributed by atoms with Crippen molar-refractivity contribution in [3.05, 3.63) is 88.3 Å². The van der Waals surface area contributed by atoms with E-state index in [0.29, 0.717) is 17.9 Å². The number of amides is 1. The molecule has 0 saturated carbocycles. The van der Waals surface area contributed by atoms with Crippen molar-refractivity contribution in [2.45, 2.75) is 6.61 Å². The molecule has 0 radical (unpaired) electrons. The van der Waals surface area contributed by atoms with Crippen molar-refractivity contribution in [2.75, 3.05) is 33.2 Å². The third-order valence-corrected chi connectivity index (χ3v) is 5.64. The highest BCUT2D eigenvalue weighted by Crippen LogP contribution is 2.23. The summed E-state index contributed by atoms with van der Waals surface area (Å²) in [5, 5.41) is 0. The fourth-order valence-corrected chi connectivity index (χ4v) is 3.68. The normalized spacial score (nSPS) is 14.5. The Labute approximate surface area is 182 Å². The topological polar surface area (TPSA) is 54.8 Å². The predicted octanol–water partition coefficient (Wildman–Crippen LogP) is 3.02. The number of carbonyl (C=O) groups excluding carboxylic acids is 1. The maximum atomic E-state index is 12.8. The van der Waals surface area contributed by atoms with Gasteiger partial charge in [-0.3, -0.25) is 9.59 Å². The maximum Gasteiger partial charge on any atom is 0.292 e. The van der Waals surface area contributed by atoms with Crippen LogP contribution in [0.1, 0.15) is 15.9 Å². The summed E-state index contributed by atoms with van der Waals surface area (Å²) in [4.78, 5) is 29.4. The lowest BCUT2D eigenvalue weighted by molar-refractivity contribution is 0.0664. The van der Waals surface area contributed by atoms with Crippen LogP contribution in [0.4, 0.5) is 0 Å². The molecule has 0 atom stereocenters. The monoisotopic (exact) mass is 417 g/mol. The number of benzene rings is 2. The molecule has 1 saturated heterocycles. The molecule has 2 aromatic carbocycles. The first-order valence-electron chi connectivity index (χ1n) is 10.5. The summed E-state index contributed by atoms with van der Waals surface area (Å²) in [6, 6.07) is 19.1. The Morgan fingerprint density at radius 1 is 0.903 bits per heavy atom. The van der Waals surface area contributed by atoms with Crippen molar-refractivity contribution in [3.63, 3.8) is 0 Å². The number of piperazine rings is 1. The van der Waals surface area contributed by atoms with Gasteiger partial charge in [0.2, 0.25) is 0 Å². The minimum atomic E-state index is -0.179. The van der Waals surface area contributed by atoms with E-state index >= 15 is 0 Å². The van der Waals surface area contributed by atoms with E-state index in [0.717, 1.165) is 42.9 Å². The van der Waals surface area contributed by atoms with E-state index in [1.807, 2.05) is 59.5 Å². The molecular formula is C25H27N3O3. The zero-order chi connectivity index (χ0) is 21.8. The zero-order valence-corrected chi connectivity index (χ0v) is 18.0. The fourth-order valence-electron chi connectivity index (χ4n) is 3.68. The SMILES string of the molecule is CN1CCN(C(=O)c2ccc(-c3cc(OCc4ccccc4)c(=O)n(C)c3)cc2)CC1. The highest BCUT2D eigenvalue weighted by molar-refractivity contribution is 5.94. The average molecular weight is 418 g/mol. The summed E-state index contributed by atoms with van der Waals surface area (Å²) in [5.41, 5.74) is 3.29. The number of aromatic nitrogens is 1. The second-order valence-corrected chi connectivity index (χ2v) is 7.96. The van der Waals surface area contributed by atoms with E-state index in [9.17, 15) is 9.59 Å². The number of ether oxygens (including phenoxy) is 1. The first kappa shape index (κ1) is 20.9. The van der Waals surface area contributed by atoms with E-state index < -0.39 is 0 Å². The number of aryl methyl sites for hydroxylation is 1. The second-order valence-electron chi connectivity index (χ2n) is 7.96. The Balaban J connectivity index is 1.51. The van der Waals surface area contributed by atoms with Gasteiger partial charge >= 0.3 is 0 Å². The van der Waals surface area contributed by atoms with Gasteiger partial charge < -0.3 is 19.1 Å². The summed E-state index contributed by atoms with van der Waals surface area (Å²) in [7, 11) is 3.79. The first-order chi connectivity index (χ1) is 15.0. The molecule has 6 nitrogen and oxygen atoms in total. The highest BCUT2D eigenvalue weighted by atomic mass is 16.5. The number of carbonyl (C=O) groups is 1. The van der Waals surface area contributed by atoms with Crippen molar-refractivity contribution in [1.29, 1.82) is 0 Å². The molecule has 3 aromatic rings. The number of rotatable bonds is 5. The molecule has 160 valence electrons. The number of hydrogen-bond donors (Lipinski definition) is 0. The van der Waals surface area contributed by atoms with Crippen LogP contribution in [0.2, 0.25) is 0 Å². The van der Waals surface area contributed by atoms with Crippen LogP contribution in [0.25, 0.3) is 11.1 Å². The van der Waals surface area contributed by atoms with Crippen molar-refractivity contribution < 1.29 is 9.53 Å². The molecule has 0 aliphatic carbocycles. The summed E-state index contributed by atoms with van der Waals surface area (Å²) in [6.45, 7) is 3.62. The molecule has 1 amide bonds. The summed E-state index contributed by atoms with van der Waals surface area (Å²) in [6.07, 6.45) is 1.79. The van der Waals surface area contributed by atoms with Gasteiger partial charge in [-0.1, -0.05) is 42.5 Å². The van der Waals surface area contributed by atoms with E-state index in [2.05, 4.69) is 11.9 Å². The third kappa shape index (κ3) is 4.86. The average Bonchev–Trinajstić information content (AvgIpc) is 2.81. The Morgan fingerprint density at radius 2 is 1.58 bits per heavy atom. The quantitative estimate of drug-likeness (QED) is 0.640. The van der Waals surface area contributed by atoms with E-state index in [4.69, 9.17) is 4.74 Å². The molecule has 1 aliphatic heterocycles. The van der Waals surface area contributed by atoms with Crippen LogP contribution in [0.5, 0.6) is 5.75 Å². The van der Waals surface area contributed by atoms with E-state index in [1.54, 1.807) is 19.3 Å². The van der Waals surface area contributed by atoms with Crippen LogP contribution < -0.4 is 10.3 Å². The maximum absolute atomic E-state index is 12.8. The number of likely N-dealkylation sites (N-methyl/N-ethyl adjacent to an activating group) is 1. The number of hydrogen-bond acceptors (Lipinski definition) is 4. The smallest absolute Gasteiger partial charge is 0.292 e. The lowest BCUT2D eigenvalue weighted by Crippen LogP contribution is -2.47. The lowest BCUT2D eigenvalue weighted by atomic mass is 10.0. The van der Waals surface area contributed by atoms with Crippen LogP contribution in [0.3, 0.4) is 0 Å². The molecule has 6 heteroatoms. The molecule has 0 N–H and O–H groups in total. The molecule has 4 rings (SSSR count). The Hall–Kier alpha value is -3.38. The largest absolute Gasteiger partial charge is 0.483 e. The lowest BCUT2D eigenvalue weighted by Gasteiger charge is -2.32. The van der Waals surface area contributed by atoms with Gasteiger partial charge in [-0.2, -0.15) is 0 Å². The van der Waals surface area contributed by atoms with Crippen LogP contribution in [-0.4, -0.2) is 53.5 Å². The molecule has 1 fully saturated rings. The van der Waals surface area contributed by atoms with Gasteiger partial charge in [-0.25, -0.2) is 0 Å². The highest BCUT2D eigenvalue weighted by Gasteiger charge is 2.20. The van der Waals surface area contributed by atoms with E-state index in [1.165, 1.54) is 4.57 Å². The molecule has 0 bridgehead atoms. The van der Waals surface area contributed by atoms with Crippen molar-refractivity contribution in [3.8, 4) is 16.9 Å². The van der Waals surface area contributed by atoms with Gasteiger partial charge in [0.1, 0.15) is 6.61 Å². The van der Waals surface area contributed by atoms with Gasteiger partial charge in [-0.05, 0) is 36.4 Å². The second kappa shape index (κ2) is 9.18. The molecule has 0 spiro atoms. The third-order valence-electron chi connectivity index (χ3n) is 5.64. The predicted molar refractivity (Wildman–Crippen MR) is 121 cm³/mol. The van der Waals surface area contributed by atoms with Crippen LogP contribution in [-0.2, 0) is 13.7 Å². The van der Waals surface area contributed by atoms with Gasteiger partial charge in [0.15, 0.2) is 5.75 Å². The van der Waals surface area contributed by atoms with Crippen molar-refractivity contribution in [2.24, 2.45) is 7.05 Å². The van der Waals surface area contributed by atoms with Crippen LogP contribution >= 0.6 is 0 Å². The molecule has 0 unspecified atom stereocenters. The standard InChI is InChI=1S/C25H27N3O3/c1-26-12-14-28(15-13-26)24(29)21-10-8-20(9-11-21)22-16-23(25(30)27(2)17-22)31-18-19-6-4-3-5-7-19/h3-11,16-17H,12-15,18H2,1-2H3. The minimum absolute atomic E-state index is 0.0620. The minimum Gasteiger partial charge on any atom is -0.483 e. The summed E-state index contributed by atoms with van der Waals surface area (Å²) >= 11 is 0. The Morgan fingerprint density at radius 3 is 2.26 bits per heavy atom. The number of pyridine rings is 1. The molecule has 2 heterocycles.